The molecule has 0 saturated carbocycles. The van der Waals surface area contributed by atoms with E-state index in [-0.39, 0.29) is 15.5 Å². The molecule has 1 amide bonds. The molecule has 3 rings (SSSR count). The van der Waals surface area contributed by atoms with E-state index in [0.29, 0.717) is 22.9 Å². The molecule has 3 aromatic rings. The van der Waals surface area contributed by atoms with Crippen molar-refractivity contribution in [3.05, 3.63) is 76.8 Å². The summed E-state index contributed by atoms with van der Waals surface area (Å²) in [5.74, 6) is 0.459. The van der Waals surface area contributed by atoms with E-state index >= 15 is 0 Å². The van der Waals surface area contributed by atoms with Gasteiger partial charge in [0.1, 0.15) is 4.90 Å². The zero-order chi connectivity index (χ0) is 22.6. The first-order valence-electron chi connectivity index (χ1n) is 9.16. The molecular weight excluding hydrogens is 440 g/mol. The van der Waals surface area contributed by atoms with Crippen LogP contribution in [-0.2, 0) is 10.0 Å². The standard InChI is InChI=1S/C22H21ClN2O5S/c1-14-5-4-6-17(11-14)25-31(27,28)21-12-15(7-9-18(21)23)22(26)24-16-8-10-19(29-2)20(13-16)30-3/h4-13,25H,1-3H3,(H,24,26). The molecule has 0 aliphatic carbocycles. The van der Waals surface area contributed by atoms with Crippen molar-refractivity contribution in [2.75, 3.05) is 24.3 Å². The third-order valence-electron chi connectivity index (χ3n) is 4.39. The van der Waals surface area contributed by atoms with Crippen LogP contribution in [0.4, 0.5) is 11.4 Å². The van der Waals surface area contributed by atoms with E-state index in [1.165, 1.54) is 32.4 Å². The minimum absolute atomic E-state index is 0.00261. The van der Waals surface area contributed by atoms with E-state index in [1.54, 1.807) is 36.4 Å². The Morgan fingerprint density at radius 3 is 2.32 bits per heavy atom. The topological polar surface area (TPSA) is 93.7 Å². The number of benzene rings is 3. The number of amides is 1. The van der Waals surface area contributed by atoms with Gasteiger partial charge in [-0.1, -0.05) is 23.7 Å². The van der Waals surface area contributed by atoms with Crippen LogP contribution in [0, 0.1) is 6.92 Å². The number of carbonyl (C=O) groups is 1. The molecule has 31 heavy (non-hydrogen) atoms. The highest BCUT2D eigenvalue weighted by molar-refractivity contribution is 7.92. The Morgan fingerprint density at radius 2 is 1.65 bits per heavy atom. The third kappa shape index (κ3) is 5.28. The lowest BCUT2D eigenvalue weighted by Gasteiger charge is -2.13. The van der Waals surface area contributed by atoms with Gasteiger partial charge in [-0.25, -0.2) is 8.42 Å². The van der Waals surface area contributed by atoms with Gasteiger partial charge in [0.05, 0.1) is 19.2 Å². The summed E-state index contributed by atoms with van der Waals surface area (Å²) >= 11 is 6.13. The van der Waals surface area contributed by atoms with Gasteiger partial charge in [0.15, 0.2) is 11.5 Å². The van der Waals surface area contributed by atoms with Gasteiger partial charge >= 0.3 is 0 Å². The minimum atomic E-state index is -4.01. The highest BCUT2D eigenvalue weighted by Gasteiger charge is 2.21. The predicted molar refractivity (Wildman–Crippen MR) is 121 cm³/mol. The molecule has 0 aromatic heterocycles. The molecule has 0 heterocycles. The van der Waals surface area contributed by atoms with Crippen molar-refractivity contribution >= 4 is 38.9 Å². The normalized spacial score (nSPS) is 11.0. The molecule has 0 radical (unpaired) electrons. The molecule has 162 valence electrons. The van der Waals surface area contributed by atoms with Gasteiger partial charge in [0, 0.05) is 23.0 Å². The molecule has 0 saturated heterocycles. The number of methoxy groups -OCH3 is 2. The average Bonchev–Trinajstić information content (AvgIpc) is 2.73. The molecule has 0 aliphatic heterocycles. The molecule has 0 aliphatic rings. The van der Waals surface area contributed by atoms with Crippen molar-refractivity contribution in [2.45, 2.75) is 11.8 Å². The number of aryl methyl sites for hydroxylation is 1. The Balaban J connectivity index is 1.87. The van der Waals surface area contributed by atoms with E-state index in [9.17, 15) is 13.2 Å². The number of hydrogen-bond acceptors (Lipinski definition) is 5. The first-order valence-corrected chi connectivity index (χ1v) is 11.0. The molecule has 0 atom stereocenters. The fraction of sp³-hybridized carbons (Fsp3) is 0.136. The molecule has 0 fully saturated rings. The molecule has 9 heteroatoms. The second-order valence-corrected chi connectivity index (χ2v) is 8.70. The monoisotopic (exact) mass is 460 g/mol. The van der Waals surface area contributed by atoms with Gasteiger partial charge in [-0.3, -0.25) is 9.52 Å². The van der Waals surface area contributed by atoms with Gasteiger partial charge in [-0.05, 0) is 55.0 Å². The minimum Gasteiger partial charge on any atom is -0.493 e. The van der Waals surface area contributed by atoms with Gasteiger partial charge in [-0.15, -0.1) is 0 Å². The van der Waals surface area contributed by atoms with E-state index < -0.39 is 15.9 Å². The van der Waals surface area contributed by atoms with E-state index in [2.05, 4.69) is 10.0 Å². The number of halogens is 1. The Labute approximate surface area is 186 Å². The van der Waals surface area contributed by atoms with Crippen LogP contribution < -0.4 is 19.5 Å². The van der Waals surface area contributed by atoms with Crippen molar-refractivity contribution in [1.82, 2.24) is 0 Å². The summed E-state index contributed by atoms with van der Waals surface area (Å²) in [6.45, 7) is 1.85. The number of nitrogens with one attached hydrogen (secondary N) is 2. The van der Waals surface area contributed by atoms with Crippen molar-refractivity contribution < 1.29 is 22.7 Å². The largest absolute Gasteiger partial charge is 0.493 e. The molecule has 7 nitrogen and oxygen atoms in total. The average molecular weight is 461 g/mol. The van der Waals surface area contributed by atoms with Crippen LogP contribution in [0.15, 0.2) is 65.6 Å². The molecule has 0 unspecified atom stereocenters. The van der Waals surface area contributed by atoms with Gasteiger partial charge in [-0.2, -0.15) is 0 Å². The summed E-state index contributed by atoms with van der Waals surface area (Å²) in [6.07, 6.45) is 0. The van der Waals surface area contributed by atoms with Crippen LogP contribution >= 0.6 is 11.6 Å². The van der Waals surface area contributed by atoms with Crippen molar-refractivity contribution in [1.29, 1.82) is 0 Å². The quantitative estimate of drug-likeness (QED) is 0.532. The maximum Gasteiger partial charge on any atom is 0.263 e. The number of sulfonamides is 1. The van der Waals surface area contributed by atoms with Crippen LogP contribution in [-0.4, -0.2) is 28.5 Å². The summed E-state index contributed by atoms with van der Waals surface area (Å²) in [6, 6.07) is 15.9. The maximum absolute atomic E-state index is 12.9. The smallest absolute Gasteiger partial charge is 0.263 e. The molecule has 0 spiro atoms. The number of anilines is 2. The number of carbonyl (C=O) groups excluding carboxylic acids is 1. The van der Waals surface area contributed by atoms with Crippen LogP contribution in [0.5, 0.6) is 11.5 Å². The van der Waals surface area contributed by atoms with E-state index in [0.717, 1.165) is 5.56 Å². The van der Waals surface area contributed by atoms with Crippen molar-refractivity contribution in [3.8, 4) is 11.5 Å². The van der Waals surface area contributed by atoms with Crippen molar-refractivity contribution in [2.24, 2.45) is 0 Å². The van der Waals surface area contributed by atoms with Gasteiger partial charge < -0.3 is 14.8 Å². The summed E-state index contributed by atoms with van der Waals surface area (Å²) in [7, 11) is -1.01. The Bertz CT molecular complexity index is 1230. The molecule has 0 bridgehead atoms. The Hall–Kier alpha value is -3.23. The van der Waals surface area contributed by atoms with Gasteiger partial charge in [0.25, 0.3) is 15.9 Å². The highest BCUT2D eigenvalue weighted by atomic mass is 35.5. The molecular formula is C22H21ClN2O5S. The van der Waals surface area contributed by atoms with Gasteiger partial charge in [0.2, 0.25) is 0 Å². The second-order valence-electron chi connectivity index (χ2n) is 6.64. The summed E-state index contributed by atoms with van der Waals surface area (Å²) in [5.41, 5.74) is 1.88. The lowest BCUT2D eigenvalue weighted by atomic mass is 10.2. The SMILES string of the molecule is COc1ccc(NC(=O)c2ccc(Cl)c(S(=O)(=O)Nc3cccc(C)c3)c2)cc1OC. The molecule has 3 aromatic carbocycles. The lowest BCUT2D eigenvalue weighted by molar-refractivity contribution is 0.102. The number of ether oxygens (including phenoxy) is 2. The number of rotatable bonds is 7. The van der Waals surface area contributed by atoms with Crippen LogP contribution in [0.3, 0.4) is 0 Å². The maximum atomic E-state index is 12.9. The van der Waals surface area contributed by atoms with E-state index in [4.69, 9.17) is 21.1 Å². The summed E-state index contributed by atoms with van der Waals surface area (Å²) in [4.78, 5) is 12.5. The van der Waals surface area contributed by atoms with Crippen LogP contribution in [0.25, 0.3) is 0 Å². The highest BCUT2D eigenvalue weighted by Crippen LogP contribution is 2.30. The zero-order valence-corrected chi connectivity index (χ0v) is 18.7. The fourth-order valence-electron chi connectivity index (χ4n) is 2.89. The second kappa shape index (κ2) is 9.28. The van der Waals surface area contributed by atoms with E-state index in [1.807, 2.05) is 13.0 Å². The lowest BCUT2D eigenvalue weighted by Crippen LogP contribution is -2.16. The third-order valence-corrected chi connectivity index (χ3v) is 6.26. The van der Waals surface area contributed by atoms with Crippen LogP contribution in [0.1, 0.15) is 15.9 Å². The Kier molecular flexibility index (Phi) is 6.72. The van der Waals surface area contributed by atoms with Crippen molar-refractivity contribution in [3.63, 3.8) is 0 Å². The molecule has 2 N–H and O–H groups in total. The first kappa shape index (κ1) is 22.5. The summed E-state index contributed by atoms with van der Waals surface area (Å²) < 4.78 is 38.6. The Morgan fingerprint density at radius 1 is 0.903 bits per heavy atom. The fourth-order valence-corrected chi connectivity index (χ4v) is 4.46. The summed E-state index contributed by atoms with van der Waals surface area (Å²) in [5, 5.41) is 2.71. The predicted octanol–water partition coefficient (Wildman–Crippen LogP) is 4.72. The number of hydrogen-bond donors (Lipinski definition) is 2. The first-order chi connectivity index (χ1) is 14.7. The zero-order valence-electron chi connectivity index (χ0n) is 17.1. The van der Waals surface area contributed by atoms with Crippen LogP contribution in [0.2, 0.25) is 5.02 Å².